The fourth-order valence-corrected chi connectivity index (χ4v) is 1.88. The first kappa shape index (κ1) is 14.3. The van der Waals surface area contributed by atoms with Gasteiger partial charge in [-0.15, -0.1) is 0 Å². The summed E-state index contributed by atoms with van der Waals surface area (Å²) >= 11 is 0. The van der Waals surface area contributed by atoms with Crippen molar-refractivity contribution in [3.63, 3.8) is 0 Å². The molecule has 1 aliphatic heterocycles. The van der Waals surface area contributed by atoms with Crippen LogP contribution in [0.1, 0.15) is 32.1 Å². The van der Waals surface area contributed by atoms with E-state index in [1.807, 2.05) is 0 Å². The Morgan fingerprint density at radius 1 is 1.35 bits per heavy atom. The molecule has 0 spiro atoms. The number of amides is 1. The zero-order chi connectivity index (χ0) is 12.7. The molecule has 0 bridgehead atoms. The molecule has 0 aromatic carbocycles. The molecule has 17 heavy (non-hydrogen) atoms. The van der Waals surface area contributed by atoms with Gasteiger partial charge in [0.2, 0.25) is 5.91 Å². The number of alkyl halides is 3. The number of halogens is 3. The van der Waals surface area contributed by atoms with Crippen molar-refractivity contribution < 1.29 is 18.0 Å². The van der Waals surface area contributed by atoms with Gasteiger partial charge in [-0.05, 0) is 32.2 Å². The van der Waals surface area contributed by atoms with Crippen LogP contribution in [0.4, 0.5) is 13.2 Å². The molecule has 0 radical (unpaired) electrons. The summed E-state index contributed by atoms with van der Waals surface area (Å²) in [6.07, 6.45) is -2.56. The van der Waals surface area contributed by atoms with Crippen molar-refractivity contribution in [2.75, 3.05) is 19.6 Å². The maximum absolute atomic E-state index is 11.8. The minimum Gasteiger partial charge on any atom is -0.356 e. The molecule has 3 nitrogen and oxygen atoms in total. The van der Waals surface area contributed by atoms with Gasteiger partial charge in [-0.2, -0.15) is 13.2 Å². The van der Waals surface area contributed by atoms with Crippen molar-refractivity contribution in [1.82, 2.24) is 10.6 Å². The summed E-state index contributed by atoms with van der Waals surface area (Å²) in [5.74, 6) is -0.0597. The van der Waals surface area contributed by atoms with E-state index >= 15 is 0 Å². The van der Waals surface area contributed by atoms with Gasteiger partial charge >= 0.3 is 6.18 Å². The maximum Gasteiger partial charge on any atom is 0.389 e. The predicted octanol–water partition coefficient (Wildman–Crippen LogP) is 1.83. The first-order chi connectivity index (χ1) is 7.99. The van der Waals surface area contributed by atoms with Gasteiger partial charge in [-0.25, -0.2) is 0 Å². The molecule has 1 amide bonds. The quantitative estimate of drug-likeness (QED) is 0.733. The Morgan fingerprint density at radius 3 is 2.71 bits per heavy atom. The second-order valence-corrected chi connectivity index (χ2v) is 4.41. The molecular formula is C11H19F3N2O. The smallest absolute Gasteiger partial charge is 0.356 e. The Morgan fingerprint density at radius 2 is 2.12 bits per heavy atom. The maximum atomic E-state index is 11.8. The van der Waals surface area contributed by atoms with E-state index in [1.165, 1.54) is 0 Å². The van der Waals surface area contributed by atoms with Crippen LogP contribution < -0.4 is 10.6 Å². The second kappa shape index (κ2) is 6.83. The Hall–Kier alpha value is -0.780. The van der Waals surface area contributed by atoms with Crippen LogP contribution >= 0.6 is 0 Å². The van der Waals surface area contributed by atoms with Gasteiger partial charge in [-0.3, -0.25) is 4.79 Å². The SMILES string of the molecule is O=C(NCCCCC(F)(F)F)[C@H]1CCCNC1. The zero-order valence-electron chi connectivity index (χ0n) is 9.78. The second-order valence-electron chi connectivity index (χ2n) is 4.41. The highest BCUT2D eigenvalue weighted by Gasteiger charge is 2.26. The molecule has 0 saturated carbocycles. The zero-order valence-corrected chi connectivity index (χ0v) is 9.78. The molecule has 0 aromatic rings. The van der Waals surface area contributed by atoms with Crippen LogP contribution in [0.15, 0.2) is 0 Å². The highest BCUT2D eigenvalue weighted by atomic mass is 19.4. The van der Waals surface area contributed by atoms with E-state index in [2.05, 4.69) is 10.6 Å². The first-order valence-corrected chi connectivity index (χ1v) is 6.04. The molecule has 1 fully saturated rings. The van der Waals surface area contributed by atoms with Crippen molar-refractivity contribution >= 4 is 5.91 Å². The molecule has 1 aliphatic rings. The highest BCUT2D eigenvalue weighted by Crippen LogP contribution is 2.21. The number of nitrogens with one attached hydrogen (secondary N) is 2. The number of hydrogen-bond acceptors (Lipinski definition) is 2. The third-order valence-corrected chi connectivity index (χ3v) is 2.85. The van der Waals surface area contributed by atoms with Crippen molar-refractivity contribution in [1.29, 1.82) is 0 Å². The van der Waals surface area contributed by atoms with Crippen LogP contribution in [-0.4, -0.2) is 31.7 Å². The molecule has 0 aromatic heterocycles. The number of hydrogen-bond donors (Lipinski definition) is 2. The number of carbonyl (C=O) groups is 1. The lowest BCUT2D eigenvalue weighted by Crippen LogP contribution is -2.40. The Balaban J connectivity index is 2.04. The molecule has 6 heteroatoms. The minimum absolute atomic E-state index is 0.0219. The third-order valence-electron chi connectivity index (χ3n) is 2.85. The largest absolute Gasteiger partial charge is 0.389 e. The molecule has 2 N–H and O–H groups in total. The lowest BCUT2D eigenvalue weighted by Gasteiger charge is -2.21. The average molecular weight is 252 g/mol. The van der Waals surface area contributed by atoms with Gasteiger partial charge in [0.15, 0.2) is 0 Å². The summed E-state index contributed by atoms with van der Waals surface area (Å²) in [5.41, 5.74) is 0. The normalized spacial score (nSPS) is 21.2. The fourth-order valence-electron chi connectivity index (χ4n) is 1.88. The fraction of sp³-hybridized carbons (Fsp3) is 0.909. The summed E-state index contributed by atoms with van der Waals surface area (Å²) in [4.78, 5) is 11.6. The molecule has 1 atom stereocenters. The van der Waals surface area contributed by atoms with Crippen LogP contribution in [0.25, 0.3) is 0 Å². The lowest BCUT2D eigenvalue weighted by atomic mass is 9.99. The monoisotopic (exact) mass is 252 g/mol. The highest BCUT2D eigenvalue weighted by molar-refractivity contribution is 5.78. The van der Waals surface area contributed by atoms with Crippen LogP contribution in [0, 0.1) is 5.92 Å². The summed E-state index contributed by atoms with van der Waals surface area (Å²) in [5, 5.41) is 5.82. The van der Waals surface area contributed by atoms with Crippen LogP contribution in [-0.2, 0) is 4.79 Å². The molecule has 0 aliphatic carbocycles. The van der Waals surface area contributed by atoms with E-state index in [1.54, 1.807) is 0 Å². The van der Waals surface area contributed by atoms with Crippen LogP contribution in [0.3, 0.4) is 0 Å². The van der Waals surface area contributed by atoms with Gasteiger partial charge in [-0.1, -0.05) is 0 Å². The molecule has 1 heterocycles. The van der Waals surface area contributed by atoms with Crippen molar-refractivity contribution in [3.8, 4) is 0 Å². The molecular weight excluding hydrogens is 233 g/mol. The Bertz CT molecular complexity index is 237. The minimum atomic E-state index is -4.09. The van der Waals surface area contributed by atoms with Crippen molar-refractivity contribution in [2.45, 2.75) is 38.3 Å². The number of rotatable bonds is 5. The van der Waals surface area contributed by atoms with E-state index < -0.39 is 12.6 Å². The van der Waals surface area contributed by atoms with Gasteiger partial charge in [0.25, 0.3) is 0 Å². The third kappa shape index (κ3) is 6.51. The van der Waals surface area contributed by atoms with E-state index in [0.29, 0.717) is 19.5 Å². The molecule has 0 unspecified atom stereocenters. The average Bonchev–Trinajstić information content (AvgIpc) is 2.28. The number of unbranched alkanes of at least 4 members (excludes halogenated alkanes) is 1. The van der Waals surface area contributed by atoms with Crippen LogP contribution in [0.5, 0.6) is 0 Å². The summed E-state index contributed by atoms with van der Waals surface area (Å²) < 4.78 is 35.5. The van der Waals surface area contributed by atoms with E-state index in [4.69, 9.17) is 0 Å². The Labute approximate surface area is 99.1 Å². The van der Waals surface area contributed by atoms with Gasteiger partial charge in [0.05, 0.1) is 5.92 Å². The van der Waals surface area contributed by atoms with E-state index in [-0.39, 0.29) is 18.2 Å². The first-order valence-electron chi connectivity index (χ1n) is 6.04. The summed E-state index contributed by atoms with van der Waals surface area (Å²) in [7, 11) is 0. The lowest BCUT2D eigenvalue weighted by molar-refractivity contribution is -0.135. The van der Waals surface area contributed by atoms with Gasteiger partial charge in [0.1, 0.15) is 0 Å². The molecule has 1 rings (SSSR count). The summed E-state index contributed by atoms with van der Waals surface area (Å²) in [6.45, 7) is 1.95. The molecule has 100 valence electrons. The van der Waals surface area contributed by atoms with Crippen molar-refractivity contribution in [2.24, 2.45) is 5.92 Å². The molecule has 1 saturated heterocycles. The summed E-state index contributed by atoms with van der Waals surface area (Å²) in [6, 6.07) is 0. The van der Waals surface area contributed by atoms with Gasteiger partial charge in [0, 0.05) is 19.5 Å². The predicted molar refractivity (Wildman–Crippen MR) is 58.5 cm³/mol. The van der Waals surface area contributed by atoms with Crippen molar-refractivity contribution in [3.05, 3.63) is 0 Å². The Kier molecular flexibility index (Phi) is 5.74. The van der Waals surface area contributed by atoms with E-state index in [0.717, 1.165) is 19.4 Å². The topological polar surface area (TPSA) is 41.1 Å². The number of carbonyl (C=O) groups excluding carboxylic acids is 1. The number of piperidine rings is 1. The van der Waals surface area contributed by atoms with Crippen LogP contribution in [0.2, 0.25) is 0 Å². The van der Waals surface area contributed by atoms with Gasteiger partial charge < -0.3 is 10.6 Å². The standard InChI is InChI=1S/C11H19F3N2O/c12-11(13,14)5-1-2-7-16-10(17)9-4-3-6-15-8-9/h9,15H,1-8H2,(H,16,17)/t9-/m0/s1. The van der Waals surface area contributed by atoms with E-state index in [9.17, 15) is 18.0 Å².